The molecule has 2 atom stereocenters. The maximum Gasteiger partial charge on any atom is 0.333 e. The van der Waals surface area contributed by atoms with Crippen molar-refractivity contribution in [3.8, 4) is 11.5 Å². The van der Waals surface area contributed by atoms with E-state index in [1.54, 1.807) is 0 Å². The number of hydrogen-bond acceptors (Lipinski definition) is 4. The molecule has 1 heterocycles. The topological polar surface area (TPSA) is 99.7 Å². The molecule has 0 spiro atoms. The quantitative estimate of drug-likeness (QED) is 0.181. The number of phenolic OH excluding ortho intramolecular Hbond substituents is 1. The highest BCUT2D eigenvalue weighted by Crippen LogP contribution is 2.56. The van der Waals surface area contributed by atoms with Gasteiger partial charge in [-0.1, -0.05) is 31.4 Å². The molecule has 0 aromatic heterocycles. The number of carbonyl (C=O) groups excluding carboxylic acids is 2. The van der Waals surface area contributed by atoms with Crippen LogP contribution < -0.4 is 20.9 Å². The molecule has 1 aromatic rings. The van der Waals surface area contributed by atoms with Gasteiger partial charge in [-0.3, -0.25) is 10.2 Å². The van der Waals surface area contributed by atoms with Gasteiger partial charge in [-0.15, -0.1) is 0 Å². The molecule has 0 radical (unpaired) electrons. The van der Waals surface area contributed by atoms with E-state index in [-0.39, 0.29) is 40.3 Å². The molecule has 7 nitrogen and oxygen atoms in total. The number of aryl methyl sites for hydroxylation is 1. The van der Waals surface area contributed by atoms with Crippen LogP contribution >= 0.6 is 0 Å². The standard InChI is InChI=1S/C33H47N3O4/c1-5-6-7-8-23-15-26-28(24-11-19(2)9-10-25(24)32(3,4)40-26)29(37)27(23)30(38)35-36-31(39)34-33-16-20-12-21(17-33)14-22(13-20)18-33/h11,15,20-22,24-25,37H,5-10,12-14,16-18H2,1-4H3,(H,35,38)(H2,34,36,39)/t20?,21?,22?,24?,25-,33?/m1/s1. The number of unbranched alkanes of at least 4 members (excludes halogenated alkanes) is 2. The van der Waals surface area contributed by atoms with Crippen LogP contribution in [0.25, 0.3) is 0 Å². The van der Waals surface area contributed by atoms with Gasteiger partial charge in [-0.05, 0) is 114 Å². The van der Waals surface area contributed by atoms with Crippen molar-refractivity contribution in [2.45, 2.75) is 122 Å². The van der Waals surface area contributed by atoms with Crippen molar-refractivity contribution < 1.29 is 19.4 Å². The highest BCUT2D eigenvalue weighted by molar-refractivity contribution is 6.00. The average Bonchev–Trinajstić information content (AvgIpc) is 2.85. The first-order valence-corrected chi connectivity index (χ1v) is 15.7. The molecule has 6 aliphatic rings. The van der Waals surface area contributed by atoms with Crippen LogP contribution in [0, 0.1) is 23.7 Å². The number of ether oxygens (including phenoxy) is 1. The summed E-state index contributed by atoms with van der Waals surface area (Å²) in [5, 5.41) is 15.0. The van der Waals surface area contributed by atoms with Gasteiger partial charge in [0.05, 0.1) is 5.56 Å². The van der Waals surface area contributed by atoms with E-state index in [0.717, 1.165) is 56.9 Å². The van der Waals surface area contributed by atoms with Crippen molar-refractivity contribution in [3.05, 3.63) is 34.4 Å². The summed E-state index contributed by atoms with van der Waals surface area (Å²) in [7, 11) is 0. The lowest BCUT2D eigenvalue weighted by Gasteiger charge is -2.56. The number of nitrogens with one attached hydrogen (secondary N) is 3. The van der Waals surface area contributed by atoms with Crippen LogP contribution in [0.3, 0.4) is 0 Å². The Morgan fingerprint density at radius 2 is 1.73 bits per heavy atom. The van der Waals surface area contributed by atoms with Crippen LogP contribution in [0.15, 0.2) is 17.7 Å². The zero-order valence-electron chi connectivity index (χ0n) is 24.7. The number of aromatic hydroxyl groups is 1. The molecule has 7 heteroatoms. The third-order valence-corrected chi connectivity index (χ3v) is 10.7. The number of fused-ring (bicyclic) bond motifs is 3. The molecule has 4 saturated carbocycles. The molecule has 1 aromatic carbocycles. The molecule has 7 rings (SSSR count). The number of urea groups is 1. The maximum atomic E-state index is 13.7. The molecular weight excluding hydrogens is 502 g/mol. The summed E-state index contributed by atoms with van der Waals surface area (Å²) in [4.78, 5) is 26.7. The van der Waals surface area contributed by atoms with Gasteiger partial charge in [0.15, 0.2) is 0 Å². The number of phenols is 1. The van der Waals surface area contributed by atoms with E-state index >= 15 is 0 Å². The second-order valence-corrected chi connectivity index (χ2v) is 14.2. The highest BCUT2D eigenvalue weighted by atomic mass is 16.5. The first-order valence-electron chi connectivity index (χ1n) is 15.7. The minimum Gasteiger partial charge on any atom is -0.507 e. The molecule has 4 N–H and O–H groups in total. The molecule has 5 aliphatic carbocycles. The van der Waals surface area contributed by atoms with Crippen LogP contribution in [0.4, 0.5) is 4.79 Å². The van der Waals surface area contributed by atoms with Crippen molar-refractivity contribution in [1.29, 1.82) is 0 Å². The first kappa shape index (κ1) is 27.5. The van der Waals surface area contributed by atoms with Gasteiger partial charge in [0, 0.05) is 22.9 Å². The van der Waals surface area contributed by atoms with Crippen LogP contribution in [0.2, 0.25) is 0 Å². The Morgan fingerprint density at radius 1 is 1.05 bits per heavy atom. The first-order chi connectivity index (χ1) is 19.1. The summed E-state index contributed by atoms with van der Waals surface area (Å²) in [5.41, 5.74) is 7.76. The zero-order chi connectivity index (χ0) is 28.2. The van der Waals surface area contributed by atoms with E-state index in [2.05, 4.69) is 49.9 Å². The van der Waals surface area contributed by atoms with Crippen LogP contribution in [0.1, 0.15) is 126 Å². The van der Waals surface area contributed by atoms with E-state index < -0.39 is 5.91 Å². The van der Waals surface area contributed by atoms with Gasteiger partial charge >= 0.3 is 6.03 Å². The van der Waals surface area contributed by atoms with Gasteiger partial charge < -0.3 is 15.2 Å². The lowest BCUT2D eigenvalue weighted by molar-refractivity contribution is -0.0137. The van der Waals surface area contributed by atoms with Crippen molar-refractivity contribution in [3.63, 3.8) is 0 Å². The fraction of sp³-hybridized carbons (Fsp3) is 0.697. The lowest BCUT2D eigenvalue weighted by Crippen LogP contribution is -2.62. The summed E-state index contributed by atoms with van der Waals surface area (Å²) >= 11 is 0. The summed E-state index contributed by atoms with van der Waals surface area (Å²) in [6.45, 7) is 8.54. The van der Waals surface area contributed by atoms with Gasteiger partial charge in [-0.2, -0.15) is 0 Å². The summed E-state index contributed by atoms with van der Waals surface area (Å²) < 4.78 is 6.52. The van der Waals surface area contributed by atoms with Crippen molar-refractivity contribution >= 4 is 11.9 Å². The van der Waals surface area contributed by atoms with Crippen LogP contribution in [-0.2, 0) is 6.42 Å². The molecule has 0 saturated heterocycles. The Labute approximate surface area is 238 Å². The van der Waals surface area contributed by atoms with Gasteiger partial charge in [0.1, 0.15) is 17.1 Å². The van der Waals surface area contributed by atoms with E-state index in [0.29, 0.717) is 35.5 Å². The second kappa shape index (κ2) is 10.3. The Balaban J connectivity index is 1.24. The monoisotopic (exact) mass is 549 g/mol. The molecule has 1 aliphatic heterocycles. The fourth-order valence-corrected chi connectivity index (χ4v) is 9.34. The third kappa shape index (κ3) is 4.98. The van der Waals surface area contributed by atoms with Gasteiger partial charge in [0.2, 0.25) is 0 Å². The smallest absolute Gasteiger partial charge is 0.333 e. The van der Waals surface area contributed by atoms with Gasteiger partial charge in [-0.25, -0.2) is 10.2 Å². The highest BCUT2D eigenvalue weighted by Gasteiger charge is 2.51. The number of benzene rings is 1. The third-order valence-electron chi connectivity index (χ3n) is 10.7. The number of carbonyl (C=O) groups is 2. The van der Waals surface area contributed by atoms with Crippen LogP contribution in [0.5, 0.6) is 11.5 Å². The summed E-state index contributed by atoms with van der Waals surface area (Å²) in [6.07, 6.45) is 14.9. The SMILES string of the molecule is CCCCCc1cc2c(c(O)c1C(=O)NNC(=O)NC13CC4CC(CC(C4)C1)C3)C1C=C(C)CC[C@H]1C(C)(C)O2. The number of rotatable bonds is 6. The molecule has 1 unspecified atom stereocenters. The minimum absolute atomic E-state index is 0.0127. The number of hydrogen-bond donors (Lipinski definition) is 4. The Kier molecular flexibility index (Phi) is 7.07. The largest absolute Gasteiger partial charge is 0.507 e. The lowest BCUT2D eigenvalue weighted by atomic mass is 9.53. The van der Waals surface area contributed by atoms with E-state index in [1.165, 1.54) is 24.8 Å². The zero-order valence-corrected chi connectivity index (χ0v) is 24.7. The summed E-state index contributed by atoms with van der Waals surface area (Å²) in [5.74, 6) is 2.52. The summed E-state index contributed by atoms with van der Waals surface area (Å²) in [6, 6.07) is 1.60. The minimum atomic E-state index is -0.481. The fourth-order valence-electron chi connectivity index (χ4n) is 9.34. The molecule has 4 fully saturated rings. The Morgan fingerprint density at radius 3 is 2.38 bits per heavy atom. The predicted octanol–water partition coefficient (Wildman–Crippen LogP) is 6.65. The molecule has 4 bridgehead atoms. The predicted molar refractivity (Wildman–Crippen MR) is 155 cm³/mol. The van der Waals surface area contributed by atoms with Crippen molar-refractivity contribution in [1.82, 2.24) is 16.2 Å². The van der Waals surface area contributed by atoms with Crippen LogP contribution in [-0.4, -0.2) is 28.2 Å². The van der Waals surface area contributed by atoms with E-state index in [9.17, 15) is 14.7 Å². The molecular formula is C33H47N3O4. The average molecular weight is 550 g/mol. The Hall–Kier alpha value is -2.70. The second-order valence-electron chi connectivity index (χ2n) is 14.2. The number of amides is 3. The van der Waals surface area contributed by atoms with Crippen molar-refractivity contribution in [2.24, 2.45) is 23.7 Å². The normalized spacial score (nSPS) is 32.8. The maximum absolute atomic E-state index is 13.7. The molecule has 40 heavy (non-hydrogen) atoms. The van der Waals surface area contributed by atoms with E-state index in [4.69, 9.17) is 4.74 Å². The Bertz CT molecular complexity index is 1180. The molecule has 3 amide bonds. The number of allylic oxidation sites excluding steroid dienone is 2. The number of hydrazine groups is 1. The van der Waals surface area contributed by atoms with Gasteiger partial charge in [0.25, 0.3) is 5.91 Å². The van der Waals surface area contributed by atoms with E-state index in [1.807, 2.05) is 6.07 Å². The van der Waals surface area contributed by atoms with Crippen molar-refractivity contribution in [2.75, 3.05) is 0 Å². The molecule has 218 valence electrons.